The summed E-state index contributed by atoms with van der Waals surface area (Å²) in [5, 5.41) is 8.77. The molecule has 0 aromatic rings. The zero-order chi connectivity index (χ0) is 14.4. The standard InChI is InChI=1S/C15H28N2O3/c1-13(15(19)17-7-3-2-4-8-17)16-9-5-14(6-10-16)20-12-11-18/h13-14,18H,2-12H2,1H3. The first-order valence-electron chi connectivity index (χ1n) is 7.97. The van der Waals surface area contributed by atoms with Crippen molar-refractivity contribution >= 4 is 5.91 Å². The van der Waals surface area contributed by atoms with E-state index < -0.39 is 0 Å². The third-order valence-electron chi connectivity index (χ3n) is 4.49. The van der Waals surface area contributed by atoms with E-state index >= 15 is 0 Å². The molecule has 0 aromatic heterocycles. The largest absolute Gasteiger partial charge is 0.394 e. The molecule has 1 atom stereocenters. The molecule has 0 spiro atoms. The van der Waals surface area contributed by atoms with Crippen molar-refractivity contribution in [3.05, 3.63) is 0 Å². The molecule has 0 radical (unpaired) electrons. The molecule has 2 aliphatic heterocycles. The molecule has 20 heavy (non-hydrogen) atoms. The average molecular weight is 284 g/mol. The summed E-state index contributed by atoms with van der Waals surface area (Å²) in [6.07, 6.45) is 5.71. The smallest absolute Gasteiger partial charge is 0.239 e. The molecule has 116 valence electrons. The van der Waals surface area contributed by atoms with Crippen LogP contribution in [0.5, 0.6) is 0 Å². The van der Waals surface area contributed by atoms with Gasteiger partial charge in [-0.15, -0.1) is 0 Å². The van der Waals surface area contributed by atoms with Gasteiger partial charge in [-0.25, -0.2) is 0 Å². The minimum atomic E-state index is -0.00751. The van der Waals surface area contributed by atoms with Crippen molar-refractivity contribution in [1.29, 1.82) is 0 Å². The van der Waals surface area contributed by atoms with Crippen LogP contribution in [0.15, 0.2) is 0 Å². The van der Waals surface area contributed by atoms with E-state index in [4.69, 9.17) is 9.84 Å². The Morgan fingerprint density at radius 2 is 1.85 bits per heavy atom. The van der Waals surface area contributed by atoms with Gasteiger partial charge in [0.1, 0.15) is 0 Å². The first-order valence-corrected chi connectivity index (χ1v) is 7.97. The molecule has 1 N–H and O–H groups in total. The lowest BCUT2D eigenvalue weighted by atomic mass is 10.0. The minimum Gasteiger partial charge on any atom is -0.394 e. The fraction of sp³-hybridized carbons (Fsp3) is 0.933. The lowest BCUT2D eigenvalue weighted by Gasteiger charge is -2.38. The van der Waals surface area contributed by atoms with Crippen LogP contribution in [-0.4, -0.2) is 72.4 Å². The monoisotopic (exact) mass is 284 g/mol. The van der Waals surface area contributed by atoms with Crippen LogP contribution in [0.25, 0.3) is 0 Å². The van der Waals surface area contributed by atoms with Crippen LogP contribution >= 0.6 is 0 Å². The Kier molecular flexibility index (Phi) is 6.26. The summed E-state index contributed by atoms with van der Waals surface area (Å²) < 4.78 is 5.56. The number of piperidine rings is 2. The zero-order valence-corrected chi connectivity index (χ0v) is 12.6. The minimum absolute atomic E-state index is 0.00751. The maximum atomic E-state index is 12.5. The lowest BCUT2D eigenvalue weighted by molar-refractivity contribution is -0.138. The van der Waals surface area contributed by atoms with Crippen LogP contribution in [0.1, 0.15) is 39.0 Å². The molecule has 0 bridgehead atoms. The predicted molar refractivity (Wildman–Crippen MR) is 77.5 cm³/mol. The average Bonchev–Trinajstić information content (AvgIpc) is 2.53. The molecule has 2 saturated heterocycles. The van der Waals surface area contributed by atoms with Gasteiger partial charge in [-0.2, -0.15) is 0 Å². The quantitative estimate of drug-likeness (QED) is 0.813. The summed E-state index contributed by atoms with van der Waals surface area (Å²) in [5.41, 5.74) is 0. The molecule has 1 amide bonds. The molecule has 0 saturated carbocycles. The summed E-state index contributed by atoms with van der Waals surface area (Å²) in [6, 6.07) is -0.00751. The number of rotatable bonds is 5. The molecule has 5 nitrogen and oxygen atoms in total. The van der Waals surface area contributed by atoms with Gasteiger partial charge in [0.25, 0.3) is 0 Å². The highest BCUT2D eigenvalue weighted by Crippen LogP contribution is 2.18. The molecule has 1 unspecified atom stereocenters. The van der Waals surface area contributed by atoms with E-state index in [9.17, 15) is 4.79 Å². The zero-order valence-electron chi connectivity index (χ0n) is 12.6. The molecule has 2 rings (SSSR count). The van der Waals surface area contributed by atoms with E-state index in [2.05, 4.69) is 4.90 Å². The van der Waals surface area contributed by atoms with Crippen molar-refractivity contribution in [3.8, 4) is 0 Å². The number of nitrogens with zero attached hydrogens (tertiary/aromatic N) is 2. The van der Waals surface area contributed by atoms with E-state index in [1.807, 2.05) is 11.8 Å². The molecular weight excluding hydrogens is 256 g/mol. The molecular formula is C15H28N2O3. The maximum Gasteiger partial charge on any atom is 0.239 e. The maximum absolute atomic E-state index is 12.5. The number of aliphatic hydroxyl groups excluding tert-OH is 1. The lowest BCUT2D eigenvalue weighted by Crippen LogP contribution is -2.51. The summed E-state index contributed by atoms with van der Waals surface area (Å²) in [5.74, 6) is 0.291. The van der Waals surface area contributed by atoms with Gasteiger partial charge in [-0.3, -0.25) is 9.69 Å². The van der Waals surface area contributed by atoms with Gasteiger partial charge in [0.15, 0.2) is 0 Å². The highest BCUT2D eigenvalue weighted by atomic mass is 16.5. The summed E-state index contributed by atoms with van der Waals surface area (Å²) in [7, 11) is 0. The summed E-state index contributed by atoms with van der Waals surface area (Å²) >= 11 is 0. The van der Waals surface area contributed by atoms with Crippen molar-refractivity contribution in [2.24, 2.45) is 0 Å². The topological polar surface area (TPSA) is 53.0 Å². The van der Waals surface area contributed by atoms with Gasteiger partial charge in [0, 0.05) is 26.2 Å². The number of carbonyl (C=O) groups excluding carboxylic acids is 1. The van der Waals surface area contributed by atoms with E-state index in [0.717, 1.165) is 51.9 Å². The number of amides is 1. The Balaban J connectivity index is 1.75. The Morgan fingerprint density at radius 3 is 2.45 bits per heavy atom. The SMILES string of the molecule is CC(C(=O)N1CCCCC1)N1CCC(OCCO)CC1. The number of aliphatic hydroxyl groups is 1. The number of carbonyl (C=O) groups is 1. The fourth-order valence-corrected chi connectivity index (χ4v) is 3.18. The van der Waals surface area contributed by atoms with Gasteiger partial charge < -0.3 is 14.7 Å². The van der Waals surface area contributed by atoms with Crippen LogP contribution in [-0.2, 0) is 9.53 Å². The highest BCUT2D eigenvalue weighted by Gasteiger charge is 2.29. The van der Waals surface area contributed by atoms with Crippen LogP contribution in [0, 0.1) is 0 Å². The molecule has 5 heteroatoms. The Bertz CT molecular complexity index is 297. The van der Waals surface area contributed by atoms with Gasteiger partial charge in [-0.05, 0) is 39.0 Å². The second-order valence-electron chi connectivity index (χ2n) is 5.89. The molecule has 0 aromatic carbocycles. The normalized spacial score (nSPS) is 23.8. The van der Waals surface area contributed by atoms with Gasteiger partial charge >= 0.3 is 0 Å². The van der Waals surface area contributed by atoms with Crippen LogP contribution in [0.3, 0.4) is 0 Å². The molecule has 2 fully saturated rings. The third kappa shape index (κ3) is 4.17. The van der Waals surface area contributed by atoms with Crippen molar-refractivity contribution in [3.63, 3.8) is 0 Å². The number of ether oxygens (including phenoxy) is 1. The number of likely N-dealkylation sites (tertiary alicyclic amines) is 2. The van der Waals surface area contributed by atoms with E-state index in [-0.39, 0.29) is 18.8 Å². The van der Waals surface area contributed by atoms with E-state index in [1.54, 1.807) is 0 Å². The fourth-order valence-electron chi connectivity index (χ4n) is 3.18. The molecule has 0 aliphatic carbocycles. The third-order valence-corrected chi connectivity index (χ3v) is 4.49. The van der Waals surface area contributed by atoms with Gasteiger partial charge in [0.05, 0.1) is 25.4 Å². The van der Waals surface area contributed by atoms with Crippen LogP contribution in [0.4, 0.5) is 0 Å². The number of hydrogen-bond donors (Lipinski definition) is 1. The highest BCUT2D eigenvalue weighted by molar-refractivity contribution is 5.81. The van der Waals surface area contributed by atoms with E-state index in [1.165, 1.54) is 6.42 Å². The van der Waals surface area contributed by atoms with Crippen LogP contribution in [0.2, 0.25) is 0 Å². The Morgan fingerprint density at radius 1 is 1.20 bits per heavy atom. The first-order chi connectivity index (χ1) is 9.72. The summed E-state index contributed by atoms with van der Waals surface area (Å²) in [6.45, 7) is 6.23. The number of hydrogen-bond acceptors (Lipinski definition) is 4. The van der Waals surface area contributed by atoms with Crippen LogP contribution < -0.4 is 0 Å². The Hall–Kier alpha value is -0.650. The second-order valence-corrected chi connectivity index (χ2v) is 5.89. The molecule has 2 heterocycles. The van der Waals surface area contributed by atoms with E-state index in [0.29, 0.717) is 12.5 Å². The van der Waals surface area contributed by atoms with Crippen molar-refractivity contribution in [2.75, 3.05) is 39.4 Å². The van der Waals surface area contributed by atoms with Crippen molar-refractivity contribution in [2.45, 2.75) is 51.2 Å². The Labute approximate surface area is 121 Å². The van der Waals surface area contributed by atoms with Gasteiger partial charge in [0.2, 0.25) is 5.91 Å². The first kappa shape index (κ1) is 15.7. The van der Waals surface area contributed by atoms with Gasteiger partial charge in [-0.1, -0.05) is 0 Å². The molecule has 2 aliphatic rings. The van der Waals surface area contributed by atoms with Crippen molar-refractivity contribution < 1.29 is 14.6 Å². The second kappa shape index (κ2) is 7.96. The van der Waals surface area contributed by atoms with Crippen molar-refractivity contribution in [1.82, 2.24) is 9.80 Å². The predicted octanol–water partition coefficient (Wildman–Crippen LogP) is 0.861. The summed E-state index contributed by atoms with van der Waals surface area (Å²) in [4.78, 5) is 16.8.